The Morgan fingerprint density at radius 2 is 1.38 bits per heavy atom. The number of sulfonamides is 1. The van der Waals surface area contributed by atoms with Crippen LogP contribution in [0.3, 0.4) is 0 Å². The van der Waals surface area contributed by atoms with E-state index in [1.54, 1.807) is 30.3 Å². The molecule has 4 rings (SSSR count). The third-order valence-corrected chi connectivity index (χ3v) is 7.61. The van der Waals surface area contributed by atoms with E-state index < -0.39 is 16.1 Å². The molecule has 32 heavy (non-hydrogen) atoms. The average Bonchev–Trinajstić information content (AvgIpc) is 2.82. The second-order valence-electron chi connectivity index (χ2n) is 7.92. The molecule has 1 atom stereocenters. The predicted octanol–water partition coefficient (Wildman–Crippen LogP) is 3.68. The first-order valence-corrected chi connectivity index (χ1v) is 12.1. The van der Waals surface area contributed by atoms with Crippen LogP contribution >= 0.6 is 0 Å². The molecule has 3 aromatic rings. The van der Waals surface area contributed by atoms with Crippen molar-refractivity contribution in [2.45, 2.75) is 17.9 Å². The SMILES string of the molecule is Cc1ccc(NC(=O)[C@H](c2ccccc2)N2CCN(S(=O)(=O)c3ccccc3)CC2)cc1. The Labute approximate surface area is 189 Å². The van der Waals surface area contributed by atoms with Gasteiger partial charge in [-0.25, -0.2) is 8.42 Å². The lowest BCUT2D eigenvalue weighted by molar-refractivity contribution is -0.122. The van der Waals surface area contributed by atoms with Crippen LogP contribution < -0.4 is 5.32 Å². The quantitative estimate of drug-likeness (QED) is 0.623. The van der Waals surface area contributed by atoms with Gasteiger partial charge in [0, 0.05) is 31.9 Å². The monoisotopic (exact) mass is 449 g/mol. The summed E-state index contributed by atoms with van der Waals surface area (Å²) in [5, 5.41) is 3.02. The summed E-state index contributed by atoms with van der Waals surface area (Å²) in [6.45, 7) is 3.60. The number of nitrogens with zero attached hydrogens (tertiary/aromatic N) is 2. The van der Waals surface area contributed by atoms with E-state index in [-0.39, 0.29) is 5.91 Å². The van der Waals surface area contributed by atoms with Crippen LogP contribution in [-0.4, -0.2) is 49.7 Å². The minimum absolute atomic E-state index is 0.126. The van der Waals surface area contributed by atoms with E-state index in [1.807, 2.05) is 61.5 Å². The van der Waals surface area contributed by atoms with Crippen LogP contribution in [0, 0.1) is 6.92 Å². The van der Waals surface area contributed by atoms with E-state index in [4.69, 9.17) is 0 Å². The lowest BCUT2D eigenvalue weighted by Crippen LogP contribution is -2.51. The molecule has 6 nitrogen and oxygen atoms in total. The van der Waals surface area contributed by atoms with Crippen molar-refractivity contribution < 1.29 is 13.2 Å². The van der Waals surface area contributed by atoms with Gasteiger partial charge < -0.3 is 5.32 Å². The molecule has 1 saturated heterocycles. The van der Waals surface area contributed by atoms with Crippen LogP contribution in [0.25, 0.3) is 0 Å². The summed E-state index contributed by atoms with van der Waals surface area (Å²) < 4.78 is 27.4. The van der Waals surface area contributed by atoms with E-state index in [2.05, 4.69) is 10.2 Å². The molecule has 0 bridgehead atoms. The molecule has 7 heteroatoms. The zero-order chi connectivity index (χ0) is 22.6. The molecular formula is C25H27N3O3S. The summed E-state index contributed by atoms with van der Waals surface area (Å²) in [6, 6.07) is 25.3. The van der Waals surface area contributed by atoms with Crippen molar-refractivity contribution in [3.63, 3.8) is 0 Å². The summed E-state index contributed by atoms with van der Waals surface area (Å²) >= 11 is 0. The molecule has 0 saturated carbocycles. The van der Waals surface area contributed by atoms with Gasteiger partial charge in [0.2, 0.25) is 15.9 Å². The Bertz CT molecular complexity index is 1140. The number of nitrogens with one attached hydrogen (secondary N) is 1. The zero-order valence-corrected chi connectivity index (χ0v) is 18.8. The van der Waals surface area contributed by atoms with Gasteiger partial charge in [0.15, 0.2) is 0 Å². The molecule has 0 aliphatic carbocycles. The van der Waals surface area contributed by atoms with E-state index >= 15 is 0 Å². The van der Waals surface area contributed by atoms with Crippen molar-refractivity contribution in [3.8, 4) is 0 Å². The number of amides is 1. The van der Waals surface area contributed by atoms with Crippen molar-refractivity contribution in [2.75, 3.05) is 31.5 Å². The van der Waals surface area contributed by atoms with Crippen LogP contribution in [0.15, 0.2) is 89.8 Å². The molecular weight excluding hydrogens is 422 g/mol. The number of piperazine rings is 1. The van der Waals surface area contributed by atoms with Gasteiger partial charge in [-0.3, -0.25) is 9.69 Å². The molecule has 3 aromatic carbocycles. The van der Waals surface area contributed by atoms with Crippen LogP contribution in [0.1, 0.15) is 17.2 Å². The van der Waals surface area contributed by atoms with Crippen molar-refractivity contribution in [3.05, 3.63) is 96.1 Å². The Balaban J connectivity index is 1.52. The molecule has 0 aromatic heterocycles. The van der Waals surface area contributed by atoms with Crippen molar-refractivity contribution in [1.29, 1.82) is 0 Å². The minimum Gasteiger partial charge on any atom is -0.324 e. The van der Waals surface area contributed by atoms with Crippen LogP contribution in [0.4, 0.5) is 5.69 Å². The zero-order valence-electron chi connectivity index (χ0n) is 18.0. The number of hydrogen-bond donors (Lipinski definition) is 1. The molecule has 166 valence electrons. The molecule has 1 N–H and O–H groups in total. The number of aryl methyl sites for hydroxylation is 1. The van der Waals surface area contributed by atoms with E-state index in [1.165, 1.54) is 4.31 Å². The second kappa shape index (κ2) is 9.65. The predicted molar refractivity (Wildman–Crippen MR) is 126 cm³/mol. The standard InChI is InChI=1S/C25H27N3O3S/c1-20-12-14-22(15-13-20)26-25(29)24(21-8-4-2-5-9-21)27-16-18-28(19-17-27)32(30,31)23-10-6-3-7-11-23/h2-15,24H,16-19H2,1H3,(H,26,29)/t24-/m0/s1. The largest absolute Gasteiger partial charge is 0.324 e. The van der Waals surface area contributed by atoms with Crippen LogP contribution in [0.5, 0.6) is 0 Å². The van der Waals surface area contributed by atoms with E-state index in [0.29, 0.717) is 31.1 Å². The fourth-order valence-electron chi connectivity index (χ4n) is 3.95. The Morgan fingerprint density at radius 3 is 1.97 bits per heavy atom. The van der Waals surface area contributed by atoms with Gasteiger partial charge in [-0.05, 0) is 36.8 Å². The molecule has 1 aliphatic heterocycles. The lowest BCUT2D eigenvalue weighted by Gasteiger charge is -2.38. The summed E-state index contributed by atoms with van der Waals surface area (Å²) in [5.41, 5.74) is 2.75. The van der Waals surface area contributed by atoms with Gasteiger partial charge in [0.05, 0.1) is 4.90 Å². The first-order valence-electron chi connectivity index (χ1n) is 10.7. The first kappa shape index (κ1) is 22.2. The fourth-order valence-corrected chi connectivity index (χ4v) is 5.40. The van der Waals surface area contributed by atoms with Gasteiger partial charge in [-0.2, -0.15) is 4.31 Å². The fraction of sp³-hybridized carbons (Fsp3) is 0.240. The van der Waals surface area contributed by atoms with Crippen molar-refractivity contribution in [1.82, 2.24) is 9.21 Å². The van der Waals surface area contributed by atoms with Crippen molar-refractivity contribution >= 4 is 21.6 Å². The second-order valence-corrected chi connectivity index (χ2v) is 9.86. The summed E-state index contributed by atoms with van der Waals surface area (Å²) in [5.74, 6) is -0.126. The number of carbonyl (C=O) groups is 1. The maximum absolute atomic E-state index is 13.3. The lowest BCUT2D eigenvalue weighted by atomic mass is 10.0. The maximum Gasteiger partial charge on any atom is 0.246 e. The Morgan fingerprint density at radius 1 is 0.812 bits per heavy atom. The third kappa shape index (κ3) is 4.91. The van der Waals surface area contributed by atoms with E-state index in [0.717, 1.165) is 16.8 Å². The molecule has 1 fully saturated rings. The van der Waals surface area contributed by atoms with E-state index in [9.17, 15) is 13.2 Å². The normalized spacial score (nSPS) is 16.4. The number of benzene rings is 3. The molecule has 1 amide bonds. The Hall–Kier alpha value is -3.00. The van der Waals surface area contributed by atoms with Gasteiger partial charge >= 0.3 is 0 Å². The minimum atomic E-state index is -3.54. The number of rotatable bonds is 6. The smallest absolute Gasteiger partial charge is 0.246 e. The maximum atomic E-state index is 13.3. The summed E-state index contributed by atoms with van der Waals surface area (Å²) in [4.78, 5) is 15.7. The van der Waals surface area contributed by atoms with Gasteiger partial charge in [-0.15, -0.1) is 0 Å². The Kier molecular flexibility index (Phi) is 6.69. The highest BCUT2D eigenvalue weighted by molar-refractivity contribution is 7.89. The highest BCUT2D eigenvalue weighted by atomic mass is 32.2. The molecule has 1 aliphatic rings. The molecule has 1 heterocycles. The molecule has 0 spiro atoms. The topological polar surface area (TPSA) is 69.7 Å². The highest BCUT2D eigenvalue weighted by Gasteiger charge is 2.34. The van der Waals surface area contributed by atoms with Gasteiger partial charge in [0.25, 0.3) is 0 Å². The molecule has 0 unspecified atom stereocenters. The van der Waals surface area contributed by atoms with Gasteiger partial charge in [-0.1, -0.05) is 66.2 Å². The van der Waals surface area contributed by atoms with Crippen LogP contribution in [-0.2, 0) is 14.8 Å². The third-order valence-electron chi connectivity index (χ3n) is 5.70. The first-order chi connectivity index (χ1) is 15.4. The highest BCUT2D eigenvalue weighted by Crippen LogP contribution is 2.26. The number of carbonyl (C=O) groups excluding carboxylic acids is 1. The molecule has 0 radical (unpaired) electrons. The number of hydrogen-bond acceptors (Lipinski definition) is 4. The van der Waals surface area contributed by atoms with Gasteiger partial charge in [0.1, 0.15) is 6.04 Å². The summed E-state index contributed by atoms with van der Waals surface area (Å²) in [7, 11) is -3.54. The van der Waals surface area contributed by atoms with Crippen LogP contribution in [0.2, 0.25) is 0 Å². The average molecular weight is 450 g/mol. The van der Waals surface area contributed by atoms with Crippen molar-refractivity contribution in [2.24, 2.45) is 0 Å². The summed E-state index contributed by atoms with van der Waals surface area (Å²) in [6.07, 6.45) is 0. The number of anilines is 1.